The van der Waals surface area contributed by atoms with Crippen LogP contribution in [0.15, 0.2) is 42.7 Å². The van der Waals surface area contributed by atoms with Crippen LogP contribution < -0.4 is 10.1 Å². The van der Waals surface area contributed by atoms with Crippen LogP contribution in [0, 0.1) is 12.8 Å². The SMILES string of the molecule is Cc1cc(CNC(CC(C)C)C(=O)O)ccc1Oc1cccnc1. The number of aliphatic carboxylic acids is 1. The smallest absolute Gasteiger partial charge is 0.320 e. The largest absolute Gasteiger partial charge is 0.480 e. The lowest BCUT2D eigenvalue weighted by Gasteiger charge is -2.17. The molecule has 0 aliphatic carbocycles. The number of hydrogen-bond acceptors (Lipinski definition) is 4. The molecule has 1 atom stereocenters. The molecule has 0 bridgehead atoms. The fraction of sp³-hybridized carbons (Fsp3) is 0.368. The maximum Gasteiger partial charge on any atom is 0.320 e. The van der Waals surface area contributed by atoms with Gasteiger partial charge in [0.2, 0.25) is 0 Å². The van der Waals surface area contributed by atoms with Crippen LogP contribution in [-0.2, 0) is 11.3 Å². The van der Waals surface area contributed by atoms with Gasteiger partial charge in [-0.15, -0.1) is 0 Å². The van der Waals surface area contributed by atoms with Crippen molar-refractivity contribution in [1.82, 2.24) is 10.3 Å². The van der Waals surface area contributed by atoms with E-state index in [9.17, 15) is 9.90 Å². The zero-order chi connectivity index (χ0) is 17.5. The Labute approximate surface area is 142 Å². The van der Waals surface area contributed by atoms with Gasteiger partial charge in [0, 0.05) is 12.7 Å². The highest BCUT2D eigenvalue weighted by molar-refractivity contribution is 5.73. The molecule has 1 unspecified atom stereocenters. The molecule has 2 rings (SSSR count). The first-order valence-electron chi connectivity index (χ1n) is 8.09. The van der Waals surface area contributed by atoms with Crippen LogP contribution >= 0.6 is 0 Å². The molecule has 0 aliphatic rings. The second-order valence-electron chi connectivity index (χ2n) is 6.29. The fourth-order valence-corrected chi connectivity index (χ4v) is 2.45. The number of nitrogens with zero attached hydrogens (tertiary/aromatic N) is 1. The first-order valence-corrected chi connectivity index (χ1v) is 8.09. The van der Waals surface area contributed by atoms with Crippen molar-refractivity contribution >= 4 is 5.97 Å². The molecule has 5 heteroatoms. The third kappa shape index (κ3) is 5.35. The highest BCUT2D eigenvalue weighted by Crippen LogP contribution is 2.25. The fourth-order valence-electron chi connectivity index (χ4n) is 2.45. The summed E-state index contributed by atoms with van der Waals surface area (Å²) in [5.41, 5.74) is 2.02. The highest BCUT2D eigenvalue weighted by Gasteiger charge is 2.18. The summed E-state index contributed by atoms with van der Waals surface area (Å²) < 4.78 is 5.80. The summed E-state index contributed by atoms with van der Waals surface area (Å²) >= 11 is 0. The molecule has 2 aromatic rings. The van der Waals surface area contributed by atoms with Gasteiger partial charge in [-0.2, -0.15) is 0 Å². The van der Waals surface area contributed by atoms with Crippen LogP contribution in [0.3, 0.4) is 0 Å². The third-order valence-electron chi connectivity index (χ3n) is 3.66. The molecule has 0 fully saturated rings. The number of nitrogens with one attached hydrogen (secondary N) is 1. The summed E-state index contributed by atoms with van der Waals surface area (Å²) in [6.45, 7) is 6.52. The minimum Gasteiger partial charge on any atom is -0.480 e. The number of carboxylic acids is 1. The Morgan fingerprint density at radius 1 is 1.33 bits per heavy atom. The van der Waals surface area contributed by atoms with Crippen molar-refractivity contribution in [2.45, 2.75) is 39.8 Å². The first kappa shape index (κ1) is 17.9. The highest BCUT2D eigenvalue weighted by atomic mass is 16.5. The lowest BCUT2D eigenvalue weighted by atomic mass is 10.0. The van der Waals surface area contributed by atoms with Crippen LogP contribution in [0.4, 0.5) is 0 Å². The van der Waals surface area contributed by atoms with E-state index in [1.165, 1.54) is 0 Å². The van der Waals surface area contributed by atoms with E-state index in [2.05, 4.69) is 10.3 Å². The van der Waals surface area contributed by atoms with E-state index < -0.39 is 12.0 Å². The second kappa shape index (κ2) is 8.45. The van der Waals surface area contributed by atoms with Gasteiger partial charge < -0.3 is 15.2 Å². The monoisotopic (exact) mass is 328 g/mol. The van der Waals surface area contributed by atoms with E-state index in [0.717, 1.165) is 16.9 Å². The minimum atomic E-state index is -0.808. The van der Waals surface area contributed by atoms with Crippen molar-refractivity contribution in [3.8, 4) is 11.5 Å². The Kier molecular flexibility index (Phi) is 6.32. The summed E-state index contributed by atoms with van der Waals surface area (Å²) in [5.74, 6) is 0.977. The summed E-state index contributed by atoms with van der Waals surface area (Å²) in [4.78, 5) is 15.3. The molecule has 1 heterocycles. The number of benzene rings is 1. The van der Waals surface area contributed by atoms with E-state index in [1.807, 2.05) is 51.1 Å². The molecule has 2 N–H and O–H groups in total. The van der Waals surface area contributed by atoms with Gasteiger partial charge in [0.05, 0.1) is 6.20 Å². The molecule has 0 spiro atoms. The van der Waals surface area contributed by atoms with Crippen LogP contribution in [0.25, 0.3) is 0 Å². The Balaban J connectivity index is 2.00. The molecular weight excluding hydrogens is 304 g/mol. The number of pyridine rings is 1. The van der Waals surface area contributed by atoms with Crippen molar-refractivity contribution in [3.05, 3.63) is 53.9 Å². The van der Waals surface area contributed by atoms with Gasteiger partial charge >= 0.3 is 5.97 Å². The maximum absolute atomic E-state index is 11.3. The van der Waals surface area contributed by atoms with Crippen LogP contribution in [-0.4, -0.2) is 22.1 Å². The second-order valence-corrected chi connectivity index (χ2v) is 6.29. The Bertz CT molecular complexity index is 672. The molecule has 0 radical (unpaired) electrons. The molecule has 128 valence electrons. The average molecular weight is 328 g/mol. The van der Waals surface area contributed by atoms with Gasteiger partial charge in [0.25, 0.3) is 0 Å². The third-order valence-corrected chi connectivity index (χ3v) is 3.66. The van der Waals surface area contributed by atoms with E-state index >= 15 is 0 Å². The predicted molar refractivity (Wildman–Crippen MR) is 93.2 cm³/mol. The normalized spacial score (nSPS) is 12.2. The summed E-state index contributed by atoms with van der Waals surface area (Å²) in [7, 11) is 0. The number of carbonyl (C=O) groups is 1. The molecule has 1 aromatic heterocycles. The Morgan fingerprint density at radius 3 is 2.71 bits per heavy atom. The molecule has 5 nitrogen and oxygen atoms in total. The van der Waals surface area contributed by atoms with Gasteiger partial charge in [-0.3, -0.25) is 9.78 Å². The first-order chi connectivity index (χ1) is 11.5. The summed E-state index contributed by atoms with van der Waals surface area (Å²) in [6, 6.07) is 9.00. The topological polar surface area (TPSA) is 71.5 Å². The zero-order valence-electron chi connectivity index (χ0n) is 14.3. The van der Waals surface area contributed by atoms with Gasteiger partial charge in [-0.05, 0) is 48.6 Å². The van der Waals surface area contributed by atoms with E-state index in [1.54, 1.807) is 12.4 Å². The lowest BCUT2D eigenvalue weighted by molar-refractivity contribution is -0.140. The van der Waals surface area contributed by atoms with Gasteiger partial charge in [-0.25, -0.2) is 0 Å². The molecule has 0 saturated heterocycles. The Hall–Kier alpha value is -2.40. The van der Waals surface area contributed by atoms with Crippen LogP contribution in [0.1, 0.15) is 31.4 Å². The van der Waals surface area contributed by atoms with Gasteiger partial charge in [0.1, 0.15) is 17.5 Å². The average Bonchev–Trinajstić information content (AvgIpc) is 2.54. The molecular formula is C19H24N2O3. The van der Waals surface area contributed by atoms with Crippen LogP contribution in [0.2, 0.25) is 0 Å². The van der Waals surface area contributed by atoms with E-state index in [-0.39, 0.29) is 0 Å². The van der Waals surface area contributed by atoms with E-state index in [4.69, 9.17) is 4.74 Å². The number of rotatable bonds is 8. The number of aryl methyl sites for hydroxylation is 1. The van der Waals surface area contributed by atoms with Gasteiger partial charge in [-0.1, -0.05) is 26.0 Å². The van der Waals surface area contributed by atoms with Crippen molar-refractivity contribution in [2.75, 3.05) is 0 Å². The summed E-state index contributed by atoms with van der Waals surface area (Å²) in [6.07, 6.45) is 3.97. The molecule has 1 aromatic carbocycles. The predicted octanol–water partition coefficient (Wildman–Crippen LogP) is 3.77. The Morgan fingerprint density at radius 2 is 2.12 bits per heavy atom. The van der Waals surface area contributed by atoms with E-state index in [0.29, 0.717) is 24.6 Å². The van der Waals surface area contributed by atoms with Crippen molar-refractivity contribution in [2.24, 2.45) is 5.92 Å². The molecule has 0 amide bonds. The number of carboxylic acid groups (broad SMARTS) is 1. The van der Waals surface area contributed by atoms with Crippen molar-refractivity contribution in [1.29, 1.82) is 0 Å². The standard InChI is InChI=1S/C19H24N2O3/c1-13(2)9-17(19(22)23)21-11-15-6-7-18(14(3)10-15)24-16-5-4-8-20-12-16/h4-8,10,12-13,17,21H,9,11H2,1-3H3,(H,22,23). The summed E-state index contributed by atoms with van der Waals surface area (Å²) in [5, 5.41) is 12.4. The molecule has 24 heavy (non-hydrogen) atoms. The molecule has 0 aliphatic heterocycles. The lowest BCUT2D eigenvalue weighted by Crippen LogP contribution is -2.37. The van der Waals surface area contributed by atoms with Crippen molar-refractivity contribution in [3.63, 3.8) is 0 Å². The number of ether oxygens (including phenoxy) is 1. The van der Waals surface area contributed by atoms with Crippen LogP contribution in [0.5, 0.6) is 11.5 Å². The number of hydrogen-bond donors (Lipinski definition) is 2. The van der Waals surface area contributed by atoms with Gasteiger partial charge in [0.15, 0.2) is 0 Å². The zero-order valence-corrected chi connectivity index (χ0v) is 14.3. The number of aromatic nitrogens is 1. The van der Waals surface area contributed by atoms with Crippen molar-refractivity contribution < 1.29 is 14.6 Å². The minimum absolute atomic E-state index is 0.329. The maximum atomic E-state index is 11.3. The molecule has 0 saturated carbocycles. The quantitative estimate of drug-likeness (QED) is 0.772.